The number of rotatable bonds is 9. The van der Waals surface area contributed by atoms with Gasteiger partial charge in [0.2, 0.25) is 0 Å². The lowest BCUT2D eigenvalue weighted by Crippen LogP contribution is -2.29. The van der Waals surface area contributed by atoms with Crippen molar-refractivity contribution >= 4 is 29.4 Å². The van der Waals surface area contributed by atoms with E-state index in [2.05, 4.69) is 0 Å². The maximum Gasteiger partial charge on any atom is 0.258 e. The molecule has 3 aromatic carbocycles. The van der Waals surface area contributed by atoms with Gasteiger partial charge >= 0.3 is 0 Å². The summed E-state index contributed by atoms with van der Waals surface area (Å²) in [5, 5.41) is 0. The van der Waals surface area contributed by atoms with Crippen LogP contribution in [-0.4, -0.2) is 30.8 Å². The van der Waals surface area contributed by atoms with Gasteiger partial charge in [0.25, 0.3) is 11.8 Å². The summed E-state index contributed by atoms with van der Waals surface area (Å²) in [4.78, 5) is 36.6. The topological polar surface area (TPSA) is 72.9 Å². The average molecular weight is 457 g/mol. The fourth-order valence-electron chi connectivity index (χ4n) is 3.22. The molecule has 1 aliphatic heterocycles. The van der Waals surface area contributed by atoms with E-state index in [-0.39, 0.29) is 23.4 Å². The van der Waals surface area contributed by atoms with Crippen LogP contribution in [0.5, 0.6) is 11.5 Å². The quantitative estimate of drug-likeness (QED) is 0.203. The van der Waals surface area contributed by atoms with Crippen LogP contribution in [-0.2, 0) is 9.59 Å². The molecule has 0 atom stereocenters. The first-order valence-electron chi connectivity index (χ1n) is 10.5. The van der Waals surface area contributed by atoms with Crippen LogP contribution in [0.15, 0.2) is 91.0 Å². The Morgan fingerprint density at radius 3 is 1.85 bits per heavy atom. The van der Waals surface area contributed by atoms with Crippen molar-refractivity contribution in [2.45, 2.75) is 0 Å². The summed E-state index contributed by atoms with van der Waals surface area (Å²) >= 11 is 0. The Kier molecular flexibility index (Phi) is 6.93. The smallest absolute Gasteiger partial charge is 0.258 e. The molecule has 2 amide bonds. The molecule has 0 aliphatic carbocycles. The number of anilines is 1. The molecule has 0 radical (unpaired) electrons. The molecule has 0 spiro atoms. The fraction of sp³-hybridized carbons (Fsp3) is 0.0741. The molecule has 4 rings (SSSR count). The zero-order valence-corrected chi connectivity index (χ0v) is 18.0. The summed E-state index contributed by atoms with van der Waals surface area (Å²) in [7, 11) is 0. The summed E-state index contributed by atoms with van der Waals surface area (Å²) in [6.07, 6.45) is 5.59. The van der Waals surface area contributed by atoms with Crippen LogP contribution < -0.4 is 14.4 Å². The molecule has 3 aromatic rings. The van der Waals surface area contributed by atoms with Gasteiger partial charge in [-0.3, -0.25) is 14.4 Å². The molecule has 0 aromatic heterocycles. The monoisotopic (exact) mass is 457 g/mol. The van der Waals surface area contributed by atoms with Crippen molar-refractivity contribution in [3.63, 3.8) is 0 Å². The predicted octanol–water partition coefficient (Wildman–Crippen LogP) is 4.61. The van der Waals surface area contributed by atoms with Crippen LogP contribution in [0.1, 0.15) is 15.9 Å². The first kappa shape index (κ1) is 22.7. The molecule has 1 aliphatic rings. The number of ether oxygens (including phenoxy) is 2. The Balaban J connectivity index is 1.22. The molecule has 0 saturated carbocycles. The number of benzene rings is 3. The molecule has 34 heavy (non-hydrogen) atoms. The van der Waals surface area contributed by atoms with Gasteiger partial charge in [0.15, 0.2) is 5.78 Å². The van der Waals surface area contributed by atoms with Crippen LogP contribution in [0.3, 0.4) is 0 Å². The summed E-state index contributed by atoms with van der Waals surface area (Å²) in [6, 6.07) is 19.3. The molecule has 6 nitrogen and oxygen atoms in total. The van der Waals surface area contributed by atoms with E-state index in [4.69, 9.17) is 9.47 Å². The van der Waals surface area contributed by atoms with Crippen molar-refractivity contribution in [1.29, 1.82) is 0 Å². The Morgan fingerprint density at radius 1 is 0.765 bits per heavy atom. The summed E-state index contributed by atoms with van der Waals surface area (Å²) in [5.74, 6) is -0.0859. The van der Waals surface area contributed by atoms with E-state index in [0.29, 0.717) is 36.0 Å². The van der Waals surface area contributed by atoms with Crippen molar-refractivity contribution in [2.24, 2.45) is 0 Å². The number of amides is 2. The van der Waals surface area contributed by atoms with Crippen molar-refractivity contribution in [1.82, 2.24) is 0 Å². The minimum atomic E-state index is -0.384. The zero-order valence-electron chi connectivity index (χ0n) is 18.0. The van der Waals surface area contributed by atoms with Gasteiger partial charge in [-0.2, -0.15) is 0 Å². The van der Waals surface area contributed by atoms with E-state index in [1.165, 1.54) is 42.5 Å². The third kappa shape index (κ3) is 5.63. The van der Waals surface area contributed by atoms with Crippen LogP contribution in [0.2, 0.25) is 0 Å². The van der Waals surface area contributed by atoms with Gasteiger partial charge in [-0.15, -0.1) is 0 Å². The van der Waals surface area contributed by atoms with Gasteiger partial charge in [-0.1, -0.05) is 18.2 Å². The Bertz CT molecular complexity index is 1230. The number of halogens is 1. The van der Waals surface area contributed by atoms with Gasteiger partial charge in [0.05, 0.1) is 5.69 Å². The van der Waals surface area contributed by atoms with Gasteiger partial charge in [0, 0.05) is 17.7 Å². The molecule has 0 unspecified atom stereocenters. The second kappa shape index (κ2) is 10.4. The highest BCUT2D eigenvalue weighted by Crippen LogP contribution is 2.22. The highest BCUT2D eigenvalue weighted by atomic mass is 19.1. The lowest BCUT2D eigenvalue weighted by molar-refractivity contribution is -0.119. The number of hydrogen-bond acceptors (Lipinski definition) is 5. The Morgan fingerprint density at radius 2 is 1.29 bits per heavy atom. The van der Waals surface area contributed by atoms with E-state index < -0.39 is 0 Å². The maximum absolute atomic E-state index is 13.0. The number of ketones is 1. The van der Waals surface area contributed by atoms with Crippen LogP contribution in [0.25, 0.3) is 6.08 Å². The first-order chi connectivity index (χ1) is 16.5. The van der Waals surface area contributed by atoms with Crippen LogP contribution in [0, 0.1) is 5.82 Å². The van der Waals surface area contributed by atoms with Crippen molar-refractivity contribution < 1.29 is 28.2 Å². The van der Waals surface area contributed by atoms with Crippen LogP contribution >= 0.6 is 0 Å². The number of imide groups is 1. The number of allylic oxidation sites excluding steroid dienone is 1. The van der Waals surface area contributed by atoms with Crippen molar-refractivity contribution in [3.8, 4) is 11.5 Å². The molecular formula is C27H20FNO5. The van der Waals surface area contributed by atoms with Crippen molar-refractivity contribution in [3.05, 3.63) is 108 Å². The highest BCUT2D eigenvalue weighted by molar-refractivity contribution is 6.28. The van der Waals surface area contributed by atoms with Crippen LogP contribution in [0.4, 0.5) is 10.1 Å². The summed E-state index contributed by atoms with van der Waals surface area (Å²) in [6.45, 7) is 0.614. The van der Waals surface area contributed by atoms with E-state index in [0.717, 1.165) is 10.5 Å². The normalized spacial score (nSPS) is 13.0. The van der Waals surface area contributed by atoms with Gasteiger partial charge in [0.1, 0.15) is 30.5 Å². The van der Waals surface area contributed by atoms with E-state index in [1.54, 1.807) is 42.5 Å². The highest BCUT2D eigenvalue weighted by Gasteiger charge is 2.24. The second-order valence-electron chi connectivity index (χ2n) is 7.31. The lowest BCUT2D eigenvalue weighted by atomic mass is 10.1. The fourth-order valence-corrected chi connectivity index (χ4v) is 3.22. The second-order valence-corrected chi connectivity index (χ2v) is 7.31. The molecule has 170 valence electrons. The van der Waals surface area contributed by atoms with Gasteiger partial charge in [-0.25, -0.2) is 9.29 Å². The van der Waals surface area contributed by atoms with E-state index >= 15 is 0 Å². The minimum Gasteiger partial charge on any atom is -0.490 e. The third-order valence-electron chi connectivity index (χ3n) is 4.96. The maximum atomic E-state index is 13.0. The molecule has 7 heteroatoms. The Labute approximate surface area is 195 Å². The number of carbonyl (C=O) groups excluding carboxylic acids is 3. The third-order valence-corrected chi connectivity index (χ3v) is 4.96. The number of carbonyl (C=O) groups is 3. The standard InChI is InChI=1S/C27H20FNO5/c28-21-6-4-20(5-7-21)25(30)14-3-19-1-10-23(11-2-19)33-17-18-34-24-12-8-22(9-13-24)29-26(31)15-16-27(29)32/h1-16H,17-18H2/b14-3+. The zero-order chi connectivity index (χ0) is 23.9. The van der Waals surface area contributed by atoms with Gasteiger partial charge < -0.3 is 9.47 Å². The summed E-state index contributed by atoms with van der Waals surface area (Å²) < 4.78 is 24.3. The average Bonchev–Trinajstić information content (AvgIpc) is 3.19. The Hall–Kier alpha value is -4.52. The number of hydrogen-bond donors (Lipinski definition) is 0. The molecule has 0 bridgehead atoms. The molecule has 0 saturated heterocycles. The molecular weight excluding hydrogens is 437 g/mol. The summed E-state index contributed by atoms with van der Waals surface area (Å²) in [5.41, 5.74) is 1.73. The predicted molar refractivity (Wildman–Crippen MR) is 125 cm³/mol. The SMILES string of the molecule is O=C(/C=C/c1ccc(OCCOc2ccc(N3C(=O)C=CC3=O)cc2)cc1)c1ccc(F)cc1. The first-order valence-corrected chi connectivity index (χ1v) is 10.5. The number of nitrogens with zero attached hydrogens (tertiary/aromatic N) is 1. The molecule has 0 N–H and O–H groups in total. The minimum absolute atomic E-state index is 0.208. The lowest BCUT2D eigenvalue weighted by Gasteiger charge is -2.14. The molecule has 0 fully saturated rings. The van der Waals surface area contributed by atoms with E-state index in [9.17, 15) is 18.8 Å². The van der Waals surface area contributed by atoms with Crippen molar-refractivity contribution in [2.75, 3.05) is 18.1 Å². The largest absolute Gasteiger partial charge is 0.490 e. The van der Waals surface area contributed by atoms with Gasteiger partial charge in [-0.05, 0) is 72.3 Å². The molecule has 1 heterocycles. The van der Waals surface area contributed by atoms with E-state index in [1.807, 2.05) is 12.1 Å².